The third-order valence-electron chi connectivity index (χ3n) is 3.21. The van der Waals surface area contributed by atoms with Gasteiger partial charge in [-0.1, -0.05) is 17.8 Å². The molecule has 0 spiro atoms. The molecular weight excluding hydrogens is 316 g/mol. The Balaban J connectivity index is 1.49. The lowest BCUT2D eigenvalue weighted by Crippen LogP contribution is -2.24. The van der Waals surface area contributed by atoms with Crippen LogP contribution in [0.5, 0.6) is 11.5 Å². The van der Waals surface area contributed by atoms with Gasteiger partial charge < -0.3 is 14.8 Å². The summed E-state index contributed by atoms with van der Waals surface area (Å²) in [5, 5.41) is 10.2. The molecule has 0 saturated carbocycles. The van der Waals surface area contributed by atoms with Crippen molar-refractivity contribution >= 4 is 17.7 Å². The summed E-state index contributed by atoms with van der Waals surface area (Å²) < 4.78 is 11.2. The van der Waals surface area contributed by atoms with Gasteiger partial charge in [-0.2, -0.15) is 0 Å². The number of hydrogen-bond acceptors (Lipinski definition) is 6. The summed E-state index contributed by atoms with van der Waals surface area (Å²) in [4.78, 5) is 16.0. The van der Waals surface area contributed by atoms with Crippen LogP contribution in [-0.2, 0) is 11.3 Å². The molecule has 0 fully saturated rings. The van der Waals surface area contributed by atoms with Crippen LogP contribution in [0.15, 0.2) is 23.4 Å². The van der Waals surface area contributed by atoms with Gasteiger partial charge in [0.05, 0.1) is 19.0 Å². The van der Waals surface area contributed by atoms with Crippen molar-refractivity contribution in [3.63, 3.8) is 0 Å². The maximum Gasteiger partial charge on any atom is 0.230 e. The molecule has 23 heavy (non-hydrogen) atoms. The summed E-state index contributed by atoms with van der Waals surface area (Å²) in [7, 11) is 0. The zero-order valence-electron chi connectivity index (χ0n) is 12.8. The van der Waals surface area contributed by atoms with E-state index in [0.29, 0.717) is 24.9 Å². The minimum Gasteiger partial charge on any atom is -0.490 e. The zero-order valence-corrected chi connectivity index (χ0v) is 13.6. The van der Waals surface area contributed by atoms with Crippen LogP contribution in [0.4, 0.5) is 0 Å². The second kappa shape index (κ2) is 7.36. The van der Waals surface area contributed by atoms with E-state index in [1.54, 1.807) is 0 Å². The number of thioether (sulfide) groups is 1. The van der Waals surface area contributed by atoms with Crippen LogP contribution in [0.25, 0.3) is 0 Å². The van der Waals surface area contributed by atoms with Crippen molar-refractivity contribution in [1.82, 2.24) is 20.5 Å². The van der Waals surface area contributed by atoms with Gasteiger partial charge in [0, 0.05) is 13.0 Å². The number of aromatic amines is 1. The summed E-state index contributed by atoms with van der Waals surface area (Å²) in [5.74, 6) is 2.44. The standard InChI is InChI=1S/C15H18N4O3S/c1-10-17-15(19-18-10)23-9-14(20)16-8-11-3-4-12-13(7-11)22-6-2-5-21-12/h3-4,7H,2,5-6,8-9H2,1H3,(H,16,20)(H,17,18,19). The second-order valence-corrected chi connectivity index (χ2v) is 6.04. The summed E-state index contributed by atoms with van der Waals surface area (Å²) >= 11 is 1.30. The average Bonchev–Trinajstić information content (AvgIpc) is 2.83. The first kappa shape index (κ1) is 15.7. The number of rotatable bonds is 5. The highest BCUT2D eigenvalue weighted by Crippen LogP contribution is 2.30. The molecule has 8 heteroatoms. The molecule has 7 nitrogen and oxygen atoms in total. The lowest BCUT2D eigenvalue weighted by Gasteiger charge is -2.10. The van der Waals surface area contributed by atoms with Crippen LogP contribution < -0.4 is 14.8 Å². The quantitative estimate of drug-likeness (QED) is 0.809. The molecule has 0 aliphatic carbocycles. The van der Waals surface area contributed by atoms with E-state index >= 15 is 0 Å². The van der Waals surface area contributed by atoms with Crippen molar-refractivity contribution in [2.75, 3.05) is 19.0 Å². The first-order valence-electron chi connectivity index (χ1n) is 7.38. The molecule has 1 aromatic heterocycles. The van der Waals surface area contributed by atoms with E-state index in [4.69, 9.17) is 9.47 Å². The predicted molar refractivity (Wildman–Crippen MR) is 85.7 cm³/mol. The Labute approximate surface area is 138 Å². The number of carbonyl (C=O) groups excluding carboxylic acids is 1. The number of ether oxygens (including phenoxy) is 2. The number of nitrogens with one attached hydrogen (secondary N) is 2. The molecule has 122 valence electrons. The predicted octanol–water partition coefficient (Wildman–Crippen LogP) is 1.68. The van der Waals surface area contributed by atoms with E-state index in [1.807, 2.05) is 25.1 Å². The van der Waals surface area contributed by atoms with Gasteiger partial charge in [0.25, 0.3) is 0 Å². The molecule has 2 heterocycles. The van der Waals surface area contributed by atoms with Crippen LogP contribution in [0.2, 0.25) is 0 Å². The highest BCUT2D eigenvalue weighted by Gasteiger charge is 2.11. The lowest BCUT2D eigenvalue weighted by molar-refractivity contribution is -0.118. The molecule has 0 saturated heterocycles. The maximum absolute atomic E-state index is 11.9. The molecule has 0 bridgehead atoms. The van der Waals surface area contributed by atoms with Gasteiger partial charge in [0.1, 0.15) is 5.82 Å². The summed E-state index contributed by atoms with van der Waals surface area (Å²) in [6.45, 7) is 3.58. The van der Waals surface area contributed by atoms with Gasteiger partial charge in [-0.15, -0.1) is 5.10 Å². The molecule has 0 unspecified atom stereocenters. The first-order valence-corrected chi connectivity index (χ1v) is 8.36. The second-order valence-electron chi connectivity index (χ2n) is 5.10. The van der Waals surface area contributed by atoms with E-state index in [-0.39, 0.29) is 11.7 Å². The Morgan fingerprint density at radius 3 is 2.96 bits per heavy atom. The van der Waals surface area contributed by atoms with Crippen molar-refractivity contribution in [2.24, 2.45) is 0 Å². The number of benzene rings is 1. The van der Waals surface area contributed by atoms with Crippen LogP contribution in [0.1, 0.15) is 17.8 Å². The Hall–Kier alpha value is -2.22. The number of fused-ring (bicyclic) bond motifs is 1. The fourth-order valence-electron chi connectivity index (χ4n) is 2.09. The van der Waals surface area contributed by atoms with Gasteiger partial charge in [-0.3, -0.25) is 9.89 Å². The molecule has 1 amide bonds. The normalized spacial score (nSPS) is 13.4. The van der Waals surface area contributed by atoms with Crippen LogP contribution in [-0.4, -0.2) is 40.1 Å². The lowest BCUT2D eigenvalue weighted by atomic mass is 10.2. The number of hydrogen-bond donors (Lipinski definition) is 2. The van der Waals surface area contributed by atoms with Crippen LogP contribution >= 0.6 is 11.8 Å². The van der Waals surface area contributed by atoms with E-state index in [1.165, 1.54) is 11.8 Å². The first-order chi connectivity index (χ1) is 11.2. The summed E-state index contributed by atoms with van der Waals surface area (Å²) in [6, 6.07) is 5.72. The van der Waals surface area contributed by atoms with Gasteiger partial charge in [0.15, 0.2) is 11.5 Å². The number of amides is 1. The number of H-pyrrole nitrogens is 1. The topological polar surface area (TPSA) is 89.1 Å². The minimum atomic E-state index is -0.0652. The number of carbonyl (C=O) groups is 1. The Morgan fingerprint density at radius 1 is 1.35 bits per heavy atom. The Morgan fingerprint density at radius 2 is 2.17 bits per heavy atom. The molecule has 3 rings (SSSR count). The molecule has 2 N–H and O–H groups in total. The van der Waals surface area contributed by atoms with Crippen molar-refractivity contribution < 1.29 is 14.3 Å². The Kier molecular flexibility index (Phi) is 5.02. The molecule has 1 aliphatic rings. The molecule has 1 aromatic carbocycles. The fourth-order valence-corrected chi connectivity index (χ4v) is 2.76. The van der Waals surface area contributed by atoms with Crippen molar-refractivity contribution in [3.05, 3.63) is 29.6 Å². The largest absolute Gasteiger partial charge is 0.490 e. The van der Waals surface area contributed by atoms with Crippen molar-refractivity contribution in [3.8, 4) is 11.5 Å². The van der Waals surface area contributed by atoms with Crippen molar-refractivity contribution in [1.29, 1.82) is 0 Å². The van der Waals surface area contributed by atoms with Crippen LogP contribution in [0.3, 0.4) is 0 Å². The van der Waals surface area contributed by atoms with E-state index in [2.05, 4.69) is 20.5 Å². The minimum absolute atomic E-state index is 0.0652. The highest BCUT2D eigenvalue weighted by atomic mass is 32.2. The van der Waals surface area contributed by atoms with Crippen LogP contribution in [0, 0.1) is 6.92 Å². The van der Waals surface area contributed by atoms with Gasteiger partial charge in [-0.25, -0.2) is 4.98 Å². The summed E-state index contributed by atoms with van der Waals surface area (Å²) in [6.07, 6.45) is 0.874. The monoisotopic (exact) mass is 334 g/mol. The molecule has 0 radical (unpaired) electrons. The maximum atomic E-state index is 11.9. The highest BCUT2D eigenvalue weighted by molar-refractivity contribution is 7.99. The summed E-state index contributed by atoms with van der Waals surface area (Å²) in [5.41, 5.74) is 0.973. The zero-order chi connectivity index (χ0) is 16.1. The molecule has 1 aliphatic heterocycles. The van der Waals surface area contributed by atoms with E-state index in [9.17, 15) is 4.79 Å². The van der Waals surface area contributed by atoms with Gasteiger partial charge in [0.2, 0.25) is 11.1 Å². The Bertz CT molecular complexity index is 689. The third kappa shape index (κ3) is 4.38. The van der Waals surface area contributed by atoms with Gasteiger partial charge >= 0.3 is 0 Å². The van der Waals surface area contributed by atoms with E-state index < -0.39 is 0 Å². The number of aryl methyl sites for hydroxylation is 1. The van der Waals surface area contributed by atoms with Gasteiger partial charge in [-0.05, 0) is 24.6 Å². The van der Waals surface area contributed by atoms with E-state index in [0.717, 1.165) is 29.3 Å². The fraction of sp³-hybridized carbons (Fsp3) is 0.400. The number of aromatic nitrogens is 3. The molecule has 2 aromatic rings. The third-order valence-corrected chi connectivity index (χ3v) is 4.06. The average molecular weight is 334 g/mol. The number of nitrogens with zero attached hydrogens (tertiary/aromatic N) is 2. The van der Waals surface area contributed by atoms with Crippen molar-refractivity contribution in [2.45, 2.75) is 25.0 Å². The molecule has 0 atom stereocenters. The SMILES string of the molecule is Cc1nc(SCC(=O)NCc2ccc3c(c2)OCCCO3)n[nH]1. The molecular formula is C15H18N4O3S. The smallest absolute Gasteiger partial charge is 0.230 e.